The molecule has 0 radical (unpaired) electrons. The molecule has 1 heterocycles. The molecule has 2 atom stereocenters. The first kappa shape index (κ1) is 13.0. The summed E-state index contributed by atoms with van der Waals surface area (Å²) in [4.78, 5) is 4.23. The van der Waals surface area contributed by atoms with Crippen molar-refractivity contribution in [2.75, 3.05) is 5.32 Å². The lowest BCUT2D eigenvalue weighted by Gasteiger charge is -2.19. The van der Waals surface area contributed by atoms with Gasteiger partial charge in [-0.2, -0.15) is 4.37 Å². The standard InChI is InChI=1S/C13H17N3OS/c1-9(14-13-15-10(2)16-18-13)12(17)8-11-6-4-3-5-7-11/h3-7,9,12,17H,8H2,1-2H3,(H,14,15,16). The van der Waals surface area contributed by atoms with E-state index in [0.717, 1.165) is 16.5 Å². The molecule has 0 spiro atoms. The zero-order valence-electron chi connectivity index (χ0n) is 10.5. The fourth-order valence-electron chi connectivity index (χ4n) is 1.68. The minimum atomic E-state index is -0.448. The summed E-state index contributed by atoms with van der Waals surface area (Å²) in [5, 5.41) is 14.1. The molecule has 0 aliphatic carbocycles. The van der Waals surface area contributed by atoms with Gasteiger partial charge in [0.15, 0.2) is 0 Å². The molecule has 2 rings (SSSR count). The number of benzene rings is 1. The fraction of sp³-hybridized carbons (Fsp3) is 0.385. The van der Waals surface area contributed by atoms with Crippen LogP contribution in [0.3, 0.4) is 0 Å². The van der Waals surface area contributed by atoms with Crippen LogP contribution in [0.4, 0.5) is 5.13 Å². The van der Waals surface area contributed by atoms with Crippen LogP contribution in [-0.4, -0.2) is 26.6 Å². The predicted molar refractivity (Wildman–Crippen MR) is 73.9 cm³/mol. The molecule has 0 saturated carbocycles. The number of nitrogens with zero attached hydrogens (tertiary/aromatic N) is 2. The van der Waals surface area contributed by atoms with E-state index in [2.05, 4.69) is 14.7 Å². The first-order chi connectivity index (χ1) is 8.65. The average Bonchev–Trinajstić information content (AvgIpc) is 2.76. The molecule has 0 amide bonds. The largest absolute Gasteiger partial charge is 0.391 e. The number of nitrogens with one attached hydrogen (secondary N) is 1. The Labute approximate surface area is 111 Å². The Kier molecular flexibility index (Phi) is 4.28. The number of anilines is 1. The molecule has 5 heteroatoms. The van der Waals surface area contributed by atoms with E-state index in [0.29, 0.717) is 6.42 Å². The molecule has 0 aliphatic rings. The van der Waals surface area contributed by atoms with Crippen LogP contribution in [0.2, 0.25) is 0 Å². The Balaban J connectivity index is 1.90. The highest BCUT2D eigenvalue weighted by Crippen LogP contribution is 2.14. The maximum absolute atomic E-state index is 10.1. The lowest BCUT2D eigenvalue weighted by atomic mass is 10.0. The predicted octanol–water partition coefficient (Wildman–Crippen LogP) is 2.25. The molecule has 0 bridgehead atoms. The van der Waals surface area contributed by atoms with Gasteiger partial charge < -0.3 is 10.4 Å². The van der Waals surface area contributed by atoms with Crippen molar-refractivity contribution in [1.29, 1.82) is 0 Å². The van der Waals surface area contributed by atoms with Gasteiger partial charge in [0, 0.05) is 18.0 Å². The third-order valence-corrected chi connectivity index (χ3v) is 3.48. The van der Waals surface area contributed by atoms with E-state index in [4.69, 9.17) is 0 Å². The third kappa shape index (κ3) is 3.51. The number of hydrogen-bond acceptors (Lipinski definition) is 5. The normalized spacial score (nSPS) is 14.2. The number of aliphatic hydroxyl groups excluding tert-OH is 1. The molecule has 2 aromatic rings. The van der Waals surface area contributed by atoms with Gasteiger partial charge in [-0.05, 0) is 19.4 Å². The molecule has 0 fully saturated rings. The number of aromatic nitrogens is 2. The van der Waals surface area contributed by atoms with E-state index in [1.165, 1.54) is 11.5 Å². The molecule has 0 saturated heterocycles. The van der Waals surface area contributed by atoms with Gasteiger partial charge in [0.2, 0.25) is 5.13 Å². The Bertz CT molecular complexity index is 486. The second-order valence-corrected chi connectivity index (χ2v) is 5.09. The van der Waals surface area contributed by atoms with Crippen molar-refractivity contribution in [1.82, 2.24) is 9.36 Å². The molecular formula is C13H17N3OS. The summed E-state index contributed by atoms with van der Waals surface area (Å²) in [5.74, 6) is 0.757. The van der Waals surface area contributed by atoms with Gasteiger partial charge in [-0.3, -0.25) is 0 Å². The Hall–Kier alpha value is -1.46. The van der Waals surface area contributed by atoms with Crippen LogP contribution in [0, 0.1) is 6.92 Å². The van der Waals surface area contributed by atoms with Crippen molar-refractivity contribution in [3.05, 3.63) is 41.7 Å². The summed E-state index contributed by atoms with van der Waals surface area (Å²) >= 11 is 1.32. The summed E-state index contributed by atoms with van der Waals surface area (Å²) in [6, 6.07) is 9.91. The van der Waals surface area contributed by atoms with Crippen molar-refractivity contribution in [3.63, 3.8) is 0 Å². The lowest BCUT2D eigenvalue weighted by Crippen LogP contribution is -2.32. The number of rotatable bonds is 5. The first-order valence-corrected chi connectivity index (χ1v) is 6.71. The fourth-order valence-corrected chi connectivity index (χ4v) is 2.35. The molecule has 1 aromatic heterocycles. The summed E-state index contributed by atoms with van der Waals surface area (Å²) in [7, 11) is 0. The highest BCUT2D eigenvalue weighted by atomic mass is 32.1. The van der Waals surface area contributed by atoms with Crippen LogP contribution < -0.4 is 5.32 Å². The smallest absolute Gasteiger partial charge is 0.202 e. The van der Waals surface area contributed by atoms with Crippen molar-refractivity contribution >= 4 is 16.7 Å². The van der Waals surface area contributed by atoms with Crippen LogP contribution in [0.5, 0.6) is 0 Å². The molecule has 0 aliphatic heterocycles. The van der Waals surface area contributed by atoms with Gasteiger partial charge in [-0.1, -0.05) is 30.3 Å². The van der Waals surface area contributed by atoms with Crippen LogP contribution >= 0.6 is 11.5 Å². The average molecular weight is 263 g/mol. The van der Waals surface area contributed by atoms with Gasteiger partial charge in [0.05, 0.1) is 12.1 Å². The highest BCUT2D eigenvalue weighted by molar-refractivity contribution is 7.09. The third-order valence-electron chi connectivity index (χ3n) is 2.74. The molecule has 2 unspecified atom stereocenters. The monoisotopic (exact) mass is 263 g/mol. The number of hydrogen-bond donors (Lipinski definition) is 2. The minimum absolute atomic E-state index is 0.0578. The summed E-state index contributed by atoms with van der Waals surface area (Å²) in [5.41, 5.74) is 1.13. The molecular weight excluding hydrogens is 246 g/mol. The second-order valence-electron chi connectivity index (χ2n) is 4.34. The maximum atomic E-state index is 10.1. The number of aryl methyl sites for hydroxylation is 1. The van der Waals surface area contributed by atoms with Crippen molar-refractivity contribution in [3.8, 4) is 0 Å². The number of aliphatic hydroxyl groups is 1. The van der Waals surface area contributed by atoms with Gasteiger partial charge in [0.1, 0.15) is 5.82 Å². The molecule has 4 nitrogen and oxygen atoms in total. The van der Waals surface area contributed by atoms with Gasteiger partial charge in [-0.25, -0.2) is 4.98 Å². The first-order valence-electron chi connectivity index (χ1n) is 5.94. The van der Waals surface area contributed by atoms with Crippen LogP contribution in [0.15, 0.2) is 30.3 Å². The minimum Gasteiger partial charge on any atom is -0.391 e. The zero-order chi connectivity index (χ0) is 13.0. The SMILES string of the molecule is Cc1nsc(NC(C)C(O)Cc2ccccc2)n1. The lowest BCUT2D eigenvalue weighted by molar-refractivity contribution is 0.158. The van der Waals surface area contributed by atoms with E-state index in [1.807, 2.05) is 44.2 Å². The van der Waals surface area contributed by atoms with Crippen molar-refractivity contribution < 1.29 is 5.11 Å². The molecule has 18 heavy (non-hydrogen) atoms. The van der Waals surface area contributed by atoms with E-state index in [9.17, 15) is 5.11 Å². The van der Waals surface area contributed by atoms with Crippen molar-refractivity contribution in [2.45, 2.75) is 32.4 Å². The van der Waals surface area contributed by atoms with Gasteiger partial charge >= 0.3 is 0 Å². The van der Waals surface area contributed by atoms with Gasteiger partial charge in [-0.15, -0.1) is 0 Å². The van der Waals surface area contributed by atoms with Crippen molar-refractivity contribution in [2.24, 2.45) is 0 Å². The summed E-state index contributed by atoms with van der Waals surface area (Å²) < 4.78 is 4.10. The molecule has 96 valence electrons. The molecule has 1 aromatic carbocycles. The Morgan fingerprint density at radius 1 is 1.33 bits per heavy atom. The van der Waals surface area contributed by atoms with Crippen LogP contribution in [-0.2, 0) is 6.42 Å². The Morgan fingerprint density at radius 3 is 2.67 bits per heavy atom. The second kappa shape index (κ2) is 5.93. The topological polar surface area (TPSA) is 58.0 Å². The summed E-state index contributed by atoms with van der Waals surface area (Å²) in [6.07, 6.45) is 0.184. The highest BCUT2D eigenvalue weighted by Gasteiger charge is 2.15. The zero-order valence-corrected chi connectivity index (χ0v) is 11.3. The quantitative estimate of drug-likeness (QED) is 0.868. The maximum Gasteiger partial charge on any atom is 0.202 e. The van der Waals surface area contributed by atoms with E-state index in [1.54, 1.807) is 0 Å². The molecule has 2 N–H and O–H groups in total. The summed E-state index contributed by atoms with van der Waals surface area (Å²) in [6.45, 7) is 3.80. The van der Waals surface area contributed by atoms with E-state index >= 15 is 0 Å². The van der Waals surface area contributed by atoms with Crippen LogP contribution in [0.1, 0.15) is 18.3 Å². The Morgan fingerprint density at radius 2 is 2.06 bits per heavy atom. The van der Waals surface area contributed by atoms with E-state index < -0.39 is 6.10 Å². The van der Waals surface area contributed by atoms with Gasteiger partial charge in [0.25, 0.3) is 0 Å². The van der Waals surface area contributed by atoms with Crippen LogP contribution in [0.25, 0.3) is 0 Å². The van der Waals surface area contributed by atoms with E-state index in [-0.39, 0.29) is 6.04 Å².